The molecule has 0 saturated heterocycles. The Morgan fingerprint density at radius 3 is 2.67 bits per heavy atom. The van der Waals surface area contributed by atoms with Crippen molar-refractivity contribution < 1.29 is 0 Å². The number of nitrogens with one attached hydrogen (secondary N) is 1. The molecule has 1 atom stereocenters. The maximum atomic E-state index is 11.6. The Hall–Kier alpha value is -2.94. The SMILES string of the molecule is N#Cc1ccc(C(N=CN=CN)c2ccc3[nH]c(=O)[se]c3c2)cc1. The van der Waals surface area contributed by atoms with E-state index in [4.69, 9.17) is 11.0 Å². The van der Waals surface area contributed by atoms with Crippen LogP contribution in [0.5, 0.6) is 0 Å². The van der Waals surface area contributed by atoms with E-state index in [2.05, 4.69) is 21.0 Å². The number of aromatic amines is 1. The molecule has 0 amide bonds. The number of aliphatic imine (C=N–C) groups is 2. The Morgan fingerprint density at radius 1 is 1.21 bits per heavy atom. The second-order valence-electron chi connectivity index (χ2n) is 4.97. The standard InChI is InChI=1S/C17H13N5OSe/c18-8-11-1-3-12(4-2-11)16(21-10-20-9-19)13-5-6-14-15(7-13)24-17(23)22-14/h1-7,9-10,16H,(H,22,23)(H2,19,20,21). The molecule has 6 nitrogen and oxygen atoms in total. The fourth-order valence-corrected chi connectivity index (χ4v) is 4.03. The Morgan fingerprint density at radius 2 is 1.96 bits per heavy atom. The first-order chi connectivity index (χ1) is 11.7. The third kappa shape index (κ3) is 3.35. The number of benzene rings is 2. The molecule has 118 valence electrons. The van der Waals surface area contributed by atoms with Crippen molar-refractivity contribution in [2.75, 3.05) is 0 Å². The number of aromatic nitrogens is 1. The third-order valence-corrected chi connectivity index (χ3v) is 5.26. The fourth-order valence-electron chi connectivity index (χ4n) is 2.38. The van der Waals surface area contributed by atoms with Crippen LogP contribution in [0.3, 0.4) is 0 Å². The summed E-state index contributed by atoms with van der Waals surface area (Å²) in [6.45, 7) is 0. The summed E-state index contributed by atoms with van der Waals surface area (Å²) in [5, 5.41) is 8.94. The van der Waals surface area contributed by atoms with Crippen molar-refractivity contribution in [1.82, 2.24) is 4.98 Å². The van der Waals surface area contributed by atoms with Gasteiger partial charge in [0.05, 0.1) is 0 Å². The van der Waals surface area contributed by atoms with Crippen LogP contribution >= 0.6 is 0 Å². The second kappa shape index (κ2) is 7.09. The van der Waals surface area contributed by atoms with Crippen LogP contribution in [0.25, 0.3) is 9.78 Å². The summed E-state index contributed by atoms with van der Waals surface area (Å²) in [5.74, 6) is 0. The summed E-state index contributed by atoms with van der Waals surface area (Å²) >= 11 is -0.223. The van der Waals surface area contributed by atoms with E-state index in [0.29, 0.717) is 5.56 Å². The number of nitrogens with zero attached hydrogens (tertiary/aromatic N) is 3. The molecule has 3 rings (SSSR count). The number of hydrogen-bond donors (Lipinski definition) is 2. The normalized spacial score (nSPS) is 12.8. The number of fused-ring (bicyclic) bond motifs is 1. The zero-order valence-corrected chi connectivity index (χ0v) is 14.2. The maximum absolute atomic E-state index is 11.6. The van der Waals surface area contributed by atoms with Gasteiger partial charge in [0.1, 0.15) is 0 Å². The van der Waals surface area contributed by atoms with Crippen LogP contribution in [0.4, 0.5) is 0 Å². The van der Waals surface area contributed by atoms with Gasteiger partial charge < -0.3 is 0 Å². The molecule has 1 heterocycles. The van der Waals surface area contributed by atoms with Crippen LogP contribution in [-0.2, 0) is 0 Å². The van der Waals surface area contributed by atoms with Crippen LogP contribution in [-0.4, -0.2) is 32.2 Å². The molecule has 0 radical (unpaired) electrons. The molecule has 0 aliphatic carbocycles. The molecular formula is C17H13N5OSe. The molecule has 0 aliphatic rings. The molecule has 2 aromatic carbocycles. The second-order valence-corrected chi connectivity index (χ2v) is 7.10. The van der Waals surface area contributed by atoms with Crippen molar-refractivity contribution in [3.63, 3.8) is 0 Å². The summed E-state index contributed by atoms with van der Waals surface area (Å²) in [6, 6.07) is 14.9. The van der Waals surface area contributed by atoms with Crippen molar-refractivity contribution in [2.24, 2.45) is 15.7 Å². The van der Waals surface area contributed by atoms with Gasteiger partial charge in [0, 0.05) is 0 Å². The van der Waals surface area contributed by atoms with E-state index in [9.17, 15) is 4.79 Å². The summed E-state index contributed by atoms with van der Waals surface area (Å²) in [4.78, 5) is 22.7. The molecule has 0 saturated carbocycles. The molecule has 7 heteroatoms. The molecular weight excluding hydrogens is 369 g/mol. The van der Waals surface area contributed by atoms with Gasteiger partial charge in [-0.15, -0.1) is 0 Å². The van der Waals surface area contributed by atoms with Gasteiger partial charge in [-0.25, -0.2) is 0 Å². The van der Waals surface area contributed by atoms with E-state index in [1.165, 1.54) is 12.7 Å². The zero-order chi connectivity index (χ0) is 16.9. The quantitative estimate of drug-likeness (QED) is 0.406. The summed E-state index contributed by atoms with van der Waals surface area (Å²) < 4.78 is 1.07. The van der Waals surface area contributed by atoms with E-state index in [0.717, 1.165) is 20.9 Å². The number of H-pyrrole nitrogens is 1. The van der Waals surface area contributed by atoms with Gasteiger partial charge in [0.2, 0.25) is 0 Å². The fraction of sp³-hybridized carbons (Fsp3) is 0.0588. The predicted octanol–water partition coefficient (Wildman–Crippen LogP) is 1.56. The summed E-state index contributed by atoms with van der Waals surface area (Å²) in [6.07, 6.45) is 2.58. The van der Waals surface area contributed by atoms with Gasteiger partial charge in [0.25, 0.3) is 0 Å². The van der Waals surface area contributed by atoms with E-state index < -0.39 is 0 Å². The van der Waals surface area contributed by atoms with Crippen molar-refractivity contribution in [3.8, 4) is 6.07 Å². The molecule has 1 aromatic heterocycles. The van der Waals surface area contributed by atoms with Gasteiger partial charge in [-0.05, 0) is 0 Å². The summed E-state index contributed by atoms with van der Waals surface area (Å²) in [7, 11) is 0. The van der Waals surface area contributed by atoms with Crippen molar-refractivity contribution in [1.29, 1.82) is 5.26 Å². The number of nitrogens with two attached hydrogens (primary N) is 1. The Kier molecular flexibility index (Phi) is 4.71. The van der Waals surface area contributed by atoms with Gasteiger partial charge in [-0.3, -0.25) is 0 Å². The molecule has 0 fully saturated rings. The predicted molar refractivity (Wildman–Crippen MR) is 95.7 cm³/mol. The van der Waals surface area contributed by atoms with Crippen LogP contribution < -0.4 is 10.2 Å². The molecule has 0 spiro atoms. The van der Waals surface area contributed by atoms with E-state index in [1.807, 2.05) is 30.3 Å². The van der Waals surface area contributed by atoms with E-state index in [-0.39, 0.29) is 25.0 Å². The van der Waals surface area contributed by atoms with Crippen LogP contribution in [0.15, 0.2) is 57.2 Å². The van der Waals surface area contributed by atoms with Gasteiger partial charge >= 0.3 is 143 Å². The topological polar surface area (TPSA) is 107 Å². The van der Waals surface area contributed by atoms with Crippen molar-refractivity contribution in [3.05, 3.63) is 68.4 Å². The van der Waals surface area contributed by atoms with Gasteiger partial charge in [-0.1, -0.05) is 0 Å². The van der Waals surface area contributed by atoms with Gasteiger partial charge in [0.15, 0.2) is 0 Å². The average Bonchev–Trinajstić information content (AvgIpc) is 2.98. The van der Waals surface area contributed by atoms with Crippen LogP contribution in [0.1, 0.15) is 22.7 Å². The molecule has 0 aliphatic heterocycles. The molecule has 1 unspecified atom stereocenters. The Balaban J connectivity index is 2.07. The minimum atomic E-state index is -0.279. The van der Waals surface area contributed by atoms with Crippen molar-refractivity contribution >= 4 is 37.0 Å². The van der Waals surface area contributed by atoms with Crippen LogP contribution in [0, 0.1) is 11.3 Å². The van der Waals surface area contributed by atoms with Gasteiger partial charge in [-0.2, -0.15) is 0 Å². The Labute approximate surface area is 143 Å². The Bertz CT molecular complexity index is 1010. The van der Waals surface area contributed by atoms with Crippen LogP contribution in [0.2, 0.25) is 0 Å². The first-order valence-electron chi connectivity index (χ1n) is 7.09. The summed E-state index contributed by atoms with van der Waals surface area (Å²) in [5.41, 5.74) is 8.61. The number of rotatable bonds is 4. The van der Waals surface area contributed by atoms with E-state index in [1.54, 1.807) is 12.1 Å². The number of hydrogen-bond acceptors (Lipinski definition) is 3. The van der Waals surface area contributed by atoms with Crippen molar-refractivity contribution in [2.45, 2.75) is 6.04 Å². The first-order valence-corrected chi connectivity index (χ1v) is 8.80. The number of nitriles is 1. The molecule has 24 heavy (non-hydrogen) atoms. The monoisotopic (exact) mass is 383 g/mol. The molecule has 0 bridgehead atoms. The zero-order valence-electron chi connectivity index (χ0n) is 12.5. The molecule has 3 N–H and O–H groups in total. The average molecular weight is 382 g/mol. The third-order valence-electron chi connectivity index (χ3n) is 3.48. The molecule has 3 aromatic rings. The first kappa shape index (κ1) is 15.9. The minimum absolute atomic E-state index is 0.0563. The van der Waals surface area contributed by atoms with E-state index >= 15 is 0 Å².